The van der Waals surface area contributed by atoms with E-state index in [9.17, 15) is 4.79 Å². The molecule has 0 bridgehead atoms. The Morgan fingerprint density at radius 2 is 1.92 bits per heavy atom. The van der Waals surface area contributed by atoms with Gasteiger partial charge >= 0.3 is 0 Å². The topological polar surface area (TPSA) is 74.1 Å². The number of fused-ring (bicyclic) bond motifs is 1. The van der Waals surface area contributed by atoms with Gasteiger partial charge in [0.05, 0.1) is 26.5 Å². The van der Waals surface area contributed by atoms with Gasteiger partial charge in [0, 0.05) is 18.0 Å². The molecule has 0 saturated carbocycles. The van der Waals surface area contributed by atoms with Gasteiger partial charge in [0.1, 0.15) is 5.69 Å². The Morgan fingerprint density at radius 3 is 2.62 bits per heavy atom. The van der Waals surface area contributed by atoms with Crippen molar-refractivity contribution >= 4 is 17.2 Å². The second-order valence-electron chi connectivity index (χ2n) is 5.57. The van der Waals surface area contributed by atoms with E-state index in [0.717, 1.165) is 0 Å². The monoisotopic (exact) mass is 355 g/mol. The summed E-state index contributed by atoms with van der Waals surface area (Å²) in [4.78, 5) is 17.3. The van der Waals surface area contributed by atoms with Gasteiger partial charge in [-0.05, 0) is 38.1 Å². The number of hydrogen-bond acceptors (Lipinski definition) is 5. The molecule has 1 N–H and O–H groups in total. The van der Waals surface area contributed by atoms with Crippen LogP contribution in [0.15, 0.2) is 36.5 Å². The van der Waals surface area contributed by atoms with Crippen LogP contribution < -0.4 is 19.5 Å². The van der Waals surface area contributed by atoms with Crippen molar-refractivity contribution in [2.45, 2.75) is 13.8 Å². The van der Waals surface area contributed by atoms with Gasteiger partial charge in [-0.25, -0.2) is 4.98 Å². The SMILES string of the molecule is CCOc1cccn2c(C(=O)Nc3ccc(OC)c(OC)c3)c(C)nc12. The zero-order chi connectivity index (χ0) is 18.7. The maximum Gasteiger partial charge on any atom is 0.274 e. The summed E-state index contributed by atoms with van der Waals surface area (Å²) in [5.74, 6) is 1.51. The molecule has 0 unspecified atom stereocenters. The number of rotatable bonds is 6. The number of methoxy groups -OCH3 is 2. The van der Waals surface area contributed by atoms with Gasteiger partial charge in [-0.15, -0.1) is 0 Å². The van der Waals surface area contributed by atoms with Gasteiger partial charge in [-0.1, -0.05) is 0 Å². The first-order valence-electron chi connectivity index (χ1n) is 8.22. The lowest BCUT2D eigenvalue weighted by Crippen LogP contribution is -2.15. The van der Waals surface area contributed by atoms with Gasteiger partial charge in [-0.3, -0.25) is 9.20 Å². The van der Waals surface area contributed by atoms with Crippen molar-refractivity contribution in [2.75, 3.05) is 26.1 Å². The van der Waals surface area contributed by atoms with E-state index in [0.29, 0.717) is 46.6 Å². The van der Waals surface area contributed by atoms with Crippen LogP contribution >= 0.6 is 0 Å². The number of carbonyl (C=O) groups excluding carboxylic acids is 1. The fourth-order valence-corrected chi connectivity index (χ4v) is 2.80. The number of nitrogens with zero attached hydrogens (tertiary/aromatic N) is 2. The minimum Gasteiger partial charge on any atom is -0.493 e. The molecule has 0 spiro atoms. The first kappa shape index (κ1) is 17.6. The second kappa shape index (κ2) is 7.35. The molecule has 7 heteroatoms. The Hall–Kier alpha value is -3.22. The van der Waals surface area contributed by atoms with E-state index in [1.807, 2.05) is 19.1 Å². The molecular formula is C19H21N3O4. The average Bonchev–Trinajstić information content (AvgIpc) is 2.98. The van der Waals surface area contributed by atoms with Crippen LogP contribution in [0.1, 0.15) is 23.1 Å². The lowest BCUT2D eigenvalue weighted by molar-refractivity contribution is 0.102. The van der Waals surface area contributed by atoms with Gasteiger partial charge in [0.25, 0.3) is 5.91 Å². The number of amides is 1. The maximum absolute atomic E-state index is 12.8. The number of aromatic nitrogens is 2. The number of pyridine rings is 1. The summed E-state index contributed by atoms with van der Waals surface area (Å²) < 4.78 is 17.8. The Bertz CT molecular complexity index is 949. The lowest BCUT2D eigenvalue weighted by Gasteiger charge is -2.11. The van der Waals surface area contributed by atoms with Crippen LogP contribution in [0.25, 0.3) is 5.65 Å². The molecule has 0 fully saturated rings. The van der Waals surface area contributed by atoms with Crippen LogP contribution in [0.5, 0.6) is 17.2 Å². The predicted molar refractivity (Wildman–Crippen MR) is 98.6 cm³/mol. The van der Waals surface area contributed by atoms with Gasteiger partial charge < -0.3 is 19.5 Å². The van der Waals surface area contributed by atoms with E-state index < -0.39 is 0 Å². The predicted octanol–water partition coefficient (Wildman–Crippen LogP) is 3.31. The molecule has 0 aliphatic heterocycles. The minimum absolute atomic E-state index is 0.268. The van der Waals surface area contributed by atoms with Crippen molar-refractivity contribution in [3.63, 3.8) is 0 Å². The normalized spacial score (nSPS) is 10.6. The molecule has 0 aliphatic carbocycles. The third-order valence-electron chi connectivity index (χ3n) is 3.94. The number of ether oxygens (including phenoxy) is 3. The molecule has 3 aromatic rings. The summed E-state index contributed by atoms with van der Waals surface area (Å²) in [7, 11) is 3.11. The molecule has 2 heterocycles. The van der Waals surface area contributed by atoms with Gasteiger partial charge in [-0.2, -0.15) is 0 Å². The zero-order valence-corrected chi connectivity index (χ0v) is 15.2. The Labute approximate surface area is 151 Å². The van der Waals surface area contributed by atoms with Crippen LogP contribution in [0, 0.1) is 6.92 Å². The van der Waals surface area contributed by atoms with E-state index in [-0.39, 0.29) is 5.91 Å². The highest BCUT2D eigenvalue weighted by atomic mass is 16.5. The fourth-order valence-electron chi connectivity index (χ4n) is 2.80. The molecule has 1 amide bonds. The lowest BCUT2D eigenvalue weighted by atomic mass is 10.2. The minimum atomic E-state index is -0.268. The molecule has 0 radical (unpaired) electrons. The van der Waals surface area contributed by atoms with Crippen molar-refractivity contribution in [1.82, 2.24) is 9.38 Å². The molecule has 3 rings (SSSR count). The number of anilines is 1. The summed E-state index contributed by atoms with van der Waals surface area (Å²) in [5.41, 5.74) is 2.29. The summed E-state index contributed by atoms with van der Waals surface area (Å²) in [5, 5.41) is 2.88. The Kier molecular flexibility index (Phi) is 4.97. The molecule has 7 nitrogen and oxygen atoms in total. The molecule has 136 valence electrons. The molecule has 1 aromatic carbocycles. The van der Waals surface area contributed by atoms with E-state index in [1.165, 1.54) is 0 Å². The highest BCUT2D eigenvalue weighted by Gasteiger charge is 2.19. The van der Waals surface area contributed by atoms with E-state index in [2.05, 4.69) is 10.3 Å². The van der Waals surface area contributed by atoms with Crippen molar-refractivity contribution in [2.24, 2.45) is 0 Å². The third-order valence-corrected chi connectivity index (χ3v) is 3.94. The molecular weight excluding hydrogens is 334 g/mol. The molecule has 2 aromatic heterocycles. The highest BCUT2D eigenvalue weighted by molar-refractivity contribution is 6.04. The highest BCUT2D eigenvalue weighted by Crippen LogP contribution is 2.30. The van der Waals surface area contributed by atoms with E-state index >= 15 is 0 Å². The summed E-state index contributed by atoms with van der Waals surface area (Å²) in [6.45, 7) is 4.23. The van der Waals surface area contributed by atoms with Crippen LogP contribution in [0.2, 0.25) is 0 Å². The fraction of sp³-hybridized carbons (Fsp3) is 0.263. The average molecular weight is 355 g/mol. The number of imidazole rings is 1. The molecule has 26 heavy (non-hydrogen) atoms. The van der Waals surface area contributed by atoms with Crippen LogP contribution in [0.4, 0.5) is 5.69 Å². The standard InChI is InChI=1S/C19H21N3O4/c1-5-26-15-7-6-10-22-17(12(2)20-18(15)22)19(23)21-13-8-9-14(24-3)16(11-13)25-4/h6-11H,5H2,1-4H3,(H,21,23). The number of aryl methyl sites for hydroxylation is 1. The first-order chi connectivity index (χ1) is 12.6. The number of nitrogens with one attached hydrogen (secondary N) is 1. The summed E-state index contributed by atoms with van der Waals surface area (Å²) in [6, 6.07) is 8.86. The van der Waals surface area contributed by atoms with E-state index in [1.54, 1.807) is 49.9 Å². The number of benzene rings is 1. The zero-order valence-electron chi connectivity index (χ0n) is 15.2. The molecule has 0 atom stereocenters. The van der Waals surface area contributed by atoms with Crippen molar-refractivity contribution in [3.05, 3.63) is 47.9 Å². The Morgan fingerprint density at radius 1 is 1.15 bits per heavy atom. The third kappa shape index (κ3) is 3.15. The van der Waals surface area contributed by atoms with Crippen LogP contribution in [0.3, 0.4) is 0 Å². The first-order valence-corrected chi connectivity index (χ1v) is 8.22. The summed E-state index contributed by atoms with van der Waals surface area (Å²) >= 11 is 0. The summed E-state index contributed by atoms with van der Waals surface area (Å²) in [6.07, 6.45) is 1.79. The number of carbonyl (C=O) groups is 1. The number of hydrogen-bond donors (Lipinski definition) is 1. The quantitative estimate of drug-likeness (QED) is 0.734. The Balaban J connectivity index is 1.96. The molecule has 0 aliphatic rings. The van der Waals surface area contributed by atoms with Gasteiger partial charge in [0.2, 0.25) is 0 Å². The van der Waals surface area contributed by atoms with Crippen LogP contribution in [-0.2, 0) is 0 Å². The van der Waals surface area contributed by atoms with Crippen molar-refractivity contribution in [1.29, 1.82) is 0 Å². The maximum atomic E-state index is 12.8. The van der Waals surface area contributed by atoms with Gasteiger partial charge in [0.15, 0.2) is 22.9 Å². The van der Waals surface area contributed by atoms with Crippen LogP contribution in [-0.4, -0.2) is 36.1 Å². The van der Waals surface area contributed by atoms with Crippen molar-refractivity contribution < 1.29 is 19.0 Å². The van der Waals surface area contributed by atoms with Crippen molar-refractivity contribution in [3.8, 4) is 17.2 Å². The largest absolute Gasteiger partial charge is 0.493 e. The molecule has 0 saturated heterocycles. The van der Waals surface area contributed by atoms with E-state index in [4.69, 9.17) is 14.2 Å². The second-order valence-corrected chi connectivity index (χ2v) is 5.57. The smallest absolute Gasteiger partial charge is 0.274 e.